The molecular formula is C36H47ClF3N7O6S. The molecule has 18 heteroatoms. The molecule has 2 aliphatic rings. The van der Waals surface area contributed by atoms with Crippen molar-refractivity contribution in [2.24, 2.45) is 11.3 Å². The highest BCUT2D eigenvalue weighted by atomic mass is 35.5. The predicted octanol–water partition coefficient (Wildman–Crippen LogP) is 7.55. The van der Waals surface area contributed by atoms with Crippen LogP contribution >= 0.6 is 11.6 Å². The number of halogens is 4. The Kier molecular flexibility index (Phi) is 12.1. The molecule has 1 unspecified atom stereocenters. The smallest absolute Gasteiger partial charge is 0.410 e. The van der Waals surface area contributed by atoms with E-state index in [0.717, 1.165) is 32.1 Å². The maximum Gasteiger partial charge on any atom is 0.410 e. The van der Waals surface area contributed by atoms with Gasteiger partial charge < -0.3 is 19.7 Å². The van der Waals surface area contributed by atoms with Crippen LogP contribution in [-0.4, -0.2) is 82.1 Å². The lowest BCUT2D eigenvalue weighted by molar-refractivity contribution is -0.190. The molecule has 1 aliphatic carbocycles. The van der Waals surface area contributed by atoms with Gasteiger partial charge in [-0.15, -0.1) is 5.10 Å². The van der Waals surface area contributed by atoms with E-state index in [0.29, 0.717) is 24.8 Å². The first kappa shape index (κ1) is 41.1. The molecule has 296 valence electrons. The zero-order valence-corrected chi connectivity index (χ0v) is 32.6. The summed E-state index contributed by atoms with van der Waals surface area (Å²) in [7, 11) is -4.39. The van der Waals surface area contributed by atoms with E-state index in [9.17, 15) is 31.2 Å². The Morgan fingerprint density at radius 1 is 1.04 bits per heavy atom. The largest absolute Gasteiger partial charge is 0.477 e. The molecule has 2 N–H and O–H groups in total. The highest BCUT2D eigenvalue weighted by molar-refractivity contribution is 7.90. The van der Waals surface area contributed by atoms with Crippen molar-refractivity contribution < 1.29 is 40.7 Å². The van der Waals surface area contributed by atoms with Crippen molar-refractivity contribution >= 4 is 39.4 Å². The van der Waals surface area contributed by atoms with Crippen LogP contribution in [-0.2, 0) is 14.8 Å². The molecule has 4 heterocycles. The summed E-state index contributed by atoms with van der Waals surface area (Å²) in [6, 6.07) is 8.50. The maximum absolute atomic E-state index is 13.2. The van der Waals surface area contributed by atoms with E-state index in [1.54, 1.807) is 6.07 Å². The van der Waals surface area contributed by atoms with Gasteiger partial charge in [-0.3, -0.25) is 4.79 Å². The number of carbonyl (C=O) groups is 2. The first-order chi connectivity index (χ1) is 25.2. The number of amides is 2. The van der Waals surface area contributed by atoms with E-state index in [2.05, 4.69) is 34.2 Å². The average molecular weight is 798 g/mol. The molecule has 2 amide bonds. The molecule has 0 spiro atoms. The number of rotatable bonds is 15. The molecule has 13 nitrogen and oxygen atoms in total. The van der Waals surface area contributed by atoms with Gasteiger partial charge in [0.1, 0.15) is 16.6 Å². The standard InChI is InChI=1S/C36H47ClF3N7O6S/c1-33(2,3)53-32(49)46-23-24(22-34(46,4)5)10-7-6-8-19-41-26-11-9-12-29(42-26)54(50,51)45-31(48)25-13-14-27(43-30(25)37)47-20-15-28(44-47)52-21-18-35(16-17-35)36(38,39)40/h9,11-15,20,24H,6-8,10,16-19,21-23H2,1-5H3,(H,41,42)(H,45,48). The van der Waals surface area contributed by atoms with Crippen LogP contribution in [0.4, 0.5) is 23.8 Å². The number of hydrogen-bond acceptors (Lipinski definition) is 10. The summed E-state index contributed by atoms with van der Waals surface area (Å²) in [4.78, 5) is 35.8. The lowest BCUT2D eigenvalue weighted by atomic mass is 9.93. The Bertz CT molecular complexity index is 1930. The number of alkyl halides is 3. The van der Waals surface area contributed by atoms with Crippen LogP contribution in [0, 0.1) is 11.3 Å². The fraction of sp³-hybridized carbons (Fsp3) is 0.583. The van der Waals surface area contributed by atoms with Gasteiger partial charge in [-0.25, -0.2) is 24.2 Å². The Morgan fingerprint density at radius 3 is 2.44 bits per heavy atom. The molecule has 0 radical (unpaired) electrons. The second-order valence-electron chi connectivity index (χ2n) is 15.5. The zero-order valence-electron chi connectivity index (χ0n) is 31.0. The number of unbranched alkanes of at least 4 members (excludes halogenated alkanes) is 2. The fourth-order valence-electron chi connectivity index (χ4n) is 6.47. The van der Waals surface area contributed by atoms with E-state index < -0.39 is 33.1 Å². The molecule has 54 heavy (non-hydrogen) atoms. The van der Waals surface area contributed by atoms with E-state index >= 15 is 0 Å². The number of sulfonamides is 1. The van der Waals surface area contributed by atoms with Crippen molar-refractivity contribution in [3.63, 3.8) is 0 Å². The van der Waals surface area contributed by atoms with Gasteiger partial charge in [-0.05, 0) is 103 Å². The van der Waals surface area contributed by atoms with Gasteiger partial charge in [-0.2, -0.15) is 21.6 Å². The van der Waals surface area contributed by atoms with E-state index in [4.69, 9.17) is 21.1 Å². The highest BCUT2D eigenvalue weighted by Gasteiger charge is 2.62. The number of likely N-dealkylation sites (tertiary alicyclic amines) is 1. The lowest BCUT2D eigenvalue weighted by Gasteiger charge is -2.33. The monoisotopic (exact) mass is 797 g/mol. The number of pyridine rings is 2. The molecule has 2 fully saturated rings. The minimum Gasteiger partial charge on any atom is -0.477 e. The quantitative estimate of drug-likeness (QED) is 0.116. The van der Waals surface area contributed by atoms with Crippen LogP contribution < -0.4 is 14.8 Å². The van der Waals surface area contributed by atoms with Crippen molar-refractivity contribution in [2.45, 2.75) is 108 Å². The topological polar surface area (TPSA) is 158 Å². The number of nitrogens with one attached hydrogen (secondary N) is 2. The lowest BCUT2D eigenvalue weighted by Crippen LogP contribution is -2.45. The number of anilines is 1. The van der Waals surface area contributed by atoms with Gasteiger partial charge >= 0.3 is 12.3 Å². The summed E-state index contributed by atoms with van der Waals surface area (Å²) in [5, 5.41) is 6.61. The van der Waals surface area contributed by atoms with Crippen LogP contribution in [0.3, 0.4) is 0 Å². The molecule has 5 rings (SSSR count). The average Bonchev–Trinajstić information content (AvgIpc) is 3.61. The molecule has 1 aliphatic heterocycles. The molecular weight excluding hydrogens is 751 g/mol. The van der Waals surface area contributed by atoms with Crippen LogP contribution in [0.5, 0.6) is 5.88 Å². The number of carbonyl (C=O) groups excluding carboxylic acids is 2. The van der Waals surface area contributed by atoms with Gasteiger partial charge in [-0.1, -0.05) is 30.5 Å². The normalized spacial score (nSPS) is 17.9. The molecule has 3 aromatic heterocycles. The van der Waals surface area contributed by atoms with Gasteiger partial charge in [0.25, 0.3) is 15.9 Å². The Morgan fingerprint density at radius 2 is 1.78 bits per heavy atom. The van der Waals surface area contributed by atoms with Crippen LogP contribution in [0.15, 0.2) is 47.6 Å². The number of nitrogens with zero attached hydrogens (tertiary/aromatic N) is 5. The Balaban J connectivity index is 1.06. The summed E-state index contributed by atoms with van der Waals surface area (Å²) in [6.45, 7) is 10.8. The minimum atomic E-state index is -4.39. The van der Waals surface area contributed by atoms with Crippen molar-refractivity contribution in [3.05, 3.63) is 53.3 Å². The van der Waals surface area contributed by atoms with Crippen molar-refractivity contribution in [3.8, 4) is 11.7 Å². The van der Waals surface area contributed by atoms with E-state index in [-0.39, 0.29) is 64.9 Å². The molecule has 1 saturated carbocycles. The Labute approximate surface area is 318 Å². The van der Waals surface area contributed by atoms with Crippen molar-refractivity contribution in [2.75, 3.05) is 25.0 Å². The van der Waals surface area contributed by atoms with Crippen LogP contribution in [0.1, 0.15) is 96.3 Å². The first-order valence-electron chi connectivity index (χ1n) is 17.9. The van der Waals surface area contributed by atoms with Gasteiger partial charge in [0.05, 0.1) is 17.6 Å². The summed E-state index contributed by atoms with van der Waals surface area (Å²) < 4.78 is 79.9. The third-order valence-corrected chi connectivity index (χ3v) is 11.1. The number of aromatic nitrogens is 4. The molecule has 1 saturated heterocycles. The molecule has 3 aromatic rings. The zero-order chi connectivity index (χ0) is 39.5. The molecule has 0 bridgehead atoms. The summed E-state index contributed by atoms with van der Waals surface area (Å²) in [6.07, 6.45) is 1.51. The maximum atomic E-state index is 13.2. The molecule has 1 atom stereocenters. The fourth-order valence-corrected chi connectivity index (χ4v) is 7.64. The van der Waals surface area contributed by atoms with Gasteiger partial charge in [0.15, 0.2) is 10.8 Å². The van der Waals surface area contributed by atoms with Gasteiger partial charge in [0, 0.05) is 30.9 Å². The minimum absolute atomic E-state index is 0.0835. The second-order valence-corrected chi connectivity index (χ2v) is 17.5. The van der Waals surface area contributed by atoms with Crippen LogP contribution in [0.2, 0.25) is 5.15 Å². The van der Waals surface area contributed by atoms with E-state index in [1.807, 2.05) is 30.4 Å². The van der Waals surface area contributed by atoms with Crippen molar-refractivity contribution in [1.82, 2.24) is 29.4 Å². The van der Waals surface area contributed by atoms with Crippen LogP contribution in [0.25, 0.3) is 5.82 Å². The van der Waals surface area contributed by atoms with E-state index in [1.165, 1.54) is 41.2 Å². The first-order valence-corrected chi connectivity index (χ1v) is 19.8. The Hall–Kier alpha value is -4.12. The second kappa shape index (κ2) is 15.9. The third-order valence-electron chi connectivity index (χ3n) is 9.56. The summed E-state index contributed by atoms with van der Waals surface area (Å²) >= 11 is 6.25. The van der Waals surface area contributed by atoms with Gasteiger partial charge in [0.2, 0.25) is 5.88 Å². The number of ether oxygens (including phenoxy) is 2. The third kappa shape index (κ3) is 10.3. The predicted molar refractivity (Wildman–Crippen MR) is 195 cm³/mol. The summed E-state index contributed by atoms with van der Waals surface area (Å²) in [5.74, 6) is -0.0638. The highest BCUT2D eigenvalue weighted by Crippen LogP contribution is 2.59. The molecule has 0 aromatic carbocycles. The summed E-state index contributed by atoms with van der Waals surface area (Å²) in [5.41, 5.74) is -2.72. The SMILES string of the molecule is CC(C)(C)OC(=O)N1CC(CCCCCNc2cccc(S(=O)(=O)NC(=O)c3ccc(-n4ccc(OCCC5(C(F)(F)F)CC5)n4)nc3Cl)n2)CC1(C)C. The van der Waals surface area contributed by atoms with Crippen molar-refractivity contribution in [1.29, 1.82) is 0 Å². The number of hydrogen-bond donors (Lipinski definition) is 2.